The second kappa shape index (κ2) is 7.78. The Hall–Kier alpha value is -3.42. The third kappa shape index (κ3) is 3.72. The van der Waals surface area contributed by atoms with Crippen LogP contribution < -0.4 is 5.32 Å². The van der Waals surface area contributed by atoms with Gasteiger partial charge in [0.15, 0.2) is 5.58 Å². The molecule has 0 aliphatic heterocycles. The first kappa shape index (κ1) is 19.9. The fourth-order valence-electron chi connectivity index (χ4n) is 2.94. The molecule has 0 atom stereocenters. The maximum atomic E-state index is 12.5. The molecule has 4 rings (SSSR count). The Bertz CT molecular complexity index is 1320. The monoisotopic (exact) mass is 441 g/mol. The second-order valence-corrected chi connectivity index (χ2v) is 7.30. The van der Waals surface area contributed by atoms with Crippen LogP contribution in [0.4, 0.5) is 11.4 Å². The minimum atomic E-state index is -0.518. The Morgan fingerprint density at radius 1 is 1.13 bits per heavy atom. The number of carbonyl (C=O) groups excluding carboxylic acids is 1. The molecular weight excluding hydrogens is 429 g/mol. The average molecular weight is 442 g/mol. The summed E-state index contributed by atoms with van der Waals surface area (Å²) in [6.45, 7) is 1.61. The van der Waals surface area contributed by atoms with Crippen LogP contribution in [0.5, 0.6) is 0 Å². The van der Waals surface area contributed by atoms with Gasteiger partial charge in [0.2, 0.25) is 5.89 Å². The Labute approximate surface area is 180 Å². The number of amides is 1. The fourth-order valence-corrected chi connectivity index (χ4v) is 3.32. The number of fused-ring (bicyclic) bond motifs is 1. The van der Waals surface area contributed by atoms with Crippen LogP contribution in [-0.2, 0) is 0 Å². The summed E-state index contributed by atoms with van der Waals surface area (Å²) in [4.78, 5) is 27.5. The number of halogens is 2. The van der Waals surface area contributed by atoms with Crippen molar-refractivity contribution in [3.8, 4) is 11.5 Å². The van der Waals surface area contributed by atoms with Gasteiger partial charge >= 0.3 is 0 Å². The molecule has 4 aromatic rings. The smallest absolute Gasteiger partial charge is 0.273 e. The first-order valence-electron chi connectivity index (χ1n) is 8.75. The lowest BCUT2D eigenvalue weighted by Crippen LogP contribution is -2.12. The standard InChI is InChI=1S/C21H13Cl2N3O4/c1-11-5-6-12(9-17(11)26(28)29)20(27)24-13-7-8-18-16(10-13)25-21(30-18)14-3-2-4-15(22)19(14)23/h2-10H,1H3,(H,24,27). The average Bonchev–Trinajstić information content (AvgIpc) is 3.13. The molecule has 0 spiro atoms. The quantitative estimate of drug-likeness (QED) is 0.297. The van der Waals surface area contributed by atoms with Gasteiger partial charge in [-0.3, -0.25) is 14.9 Å². The summed E-state index contributed by atoms with van der Waals surface area (Å²) >= 11 is 12.3. The van der Waals surface area contributed by atoms with Crippen molar-refractivity contribution in [3.05, 3.63) is 85.9 Å². The SMILES string of the molecule is Cc1ccc(C(=O)Nc2ccc3oc(-c4cccc(Cl)c4Cl)nc3c2)cc1[N+](=O)[O-]. The van der Waals surface area contributed by atoms with Gasteiger partial charge in [0.05, 0.1) is 20.5 Å². The number of nitro benzene ring substituents is 1. The summed E-state index contributed by atoms with van der Waals surface area (Å²) in [5.74, 6) is -0.172. The normalized spacial score (nSPS) is 10.9. The number of hydrogen-bond donors (Lipinski definition) is 1. The lowest BCUT2D eigenvalue weighted by molar-refractivity contribution is -0.385. The minimum absolute atomic E-state index is 0.113. The molecule has 1 N–H and O–H groups in total. The summed E-state index contributed by atoms with van der Waals surface area (Å²) in [6, 6.07) is 14.4. The summed E-state index contributed by atoms with van der Waals surface area (Å²) in [7, 11) is 0. The number of nitrogens with one attached hydrogen (secondary N) is 1. The molecule has 0 saturated carbocycles. The lowest BCUT2D eigenvalue weighted by atomic mass is 10.1. The van der Waals surface area contributed by atoms with E-state index in [1.165, 1.54) is 18.2 Å². The van der Waals surface area contributed by atoms with E-state index in [1.54, 1.807) is 43.3 Å². The number of anilines is 1. The van der Waals surface area contributed by atoms with E-state index in [2.05, 4.69) is 10.3 Å². The van der Waals surface area contributed by atoms with Crippen molar-refractivity contribution in [1.29, 1.82) is 0 Å². The van der Waals surface area contributed by atoms with Crippen molar-refractivity contribution in [3.63, 3.8) is 0 Å². The Morgan fingerprint density at radius 3 is 2.70 bits per heavy atom. The van der Waals surface area contributed by atoms with Crippen molar-refractivity contribution < 1.29 is 14.1 Å². The van der Waals surface area contributed by atoms with E-state index in [0.29, 0.717) is 43.9 Å². The van der Waals surface area contributed by atoms with Crippen molar-refractivity contribution in [2.45, 2.75) is 6.92 Å². The number of aromatic nitrogens is 1. The van der Waals surface area contributed by atoms with Gasteiger partial charge in [-0.25, -0.2) is 4.98 Å². The van der Waals surface area contributed by atoms with Crippen LogP contribution in [0, 0.1) is 17.0 Å². The van der Waals surface area contributed by atoms with Gasteiger partial charge in [0.1, 0.15) is 5.52 Å². The van der Waals surface area contributed by atoms with Crippen molar-refractivity contribution in [2.24, 2.45) is 0 Å². The maximum Gasteiger partial charge on any atom is 0.273 e. The molecule has 0 aliphatic carbocycles. The summed E-state index contributed by atoms with van der Waals surface area (Å²) in [5.41, 5.74) is 2.58. The Morgan fingerprint density at radius 2 is 1.93 bits per heavy atom. The molecule has 9 heteroatoms. The molecular formula is C21H13Cl2N3O4. The van der Waals surface area contributed by atoms with Crippen LogP contribution in [0.1, 0.15) is 15.9 Å². The van der Waals surface area contributed by atoms with Gasteiger partial charge in [-0.05, 0) is 43.3 Å². The second-order valence-electron chi connectivity index (χ2n) is 6.52. The molecule has 0 fully saturated rings. The number of aryl methyl sites for hydroxylation is 1. The van der Waals surface area contributed by atoms with Crippen LogP contribution in [0.2, 0.25) is 10.0 Å². The fraction of sp³-hybridized carbons (Fsp3) is 0.0476. The topological polar surface area (TPSA) is 98.3 Å². The number of benzene rings is 3. The molecule has 0 aliphatic rings. The van der Waals surface area contributed by atoms with E-state index in [1.807, 2.05) is 0 Å². The van der Waals surface area contributed by atoms with Gasteiger partial charge in [0, 0.05) is 22.9 Å². The van der Waals surface area contributed by atoms with E-state index in [0.717, 1.165) is 0 Å². The molecule has 150 valence electrons. The van der Waals surface area contributed by atoms with Gasteiger partial charge in [-0.1, -0.05) is 35.3 Å². The van der Waals surface area contributed by atoms with E-state index < -0.39 is 10.8 Å². The number of rotatable bonds is 4. The zero-order chi connectivity index (χ0) is 21.4. The molecule has 0 unspecified atom stereocenters. The van der Waals surface area contributed by atoms with E-state index in [-0.39, 0.29) is 11.3 Å². The predicted molar refractivity (Wildman–Crippen MR) is 115 cm³/mol. The van der Waals surface area contributed by atoms with Crippen LogP contribution in [0.25, 0.3) is 22.6 Å². The minimum Gasteiger partial charge on any atom is -0.436 e. The molecule has 7 nitrogen and oxygen atoms in total. The number of oxazole rings is 1. The van der Waals surface area contributed by atoms with Crippen molar-refractivity contribution in [2.75, 3.05) is 5.32 Å². The first-order chi connectivity index (χ1) is 14.3. The highest BCUT2D eigenvalue weighted by atomic mass is 35.5. The van der Waals surface area contributed by atoms with Gasteiger partial charge in [-0.15, -0.1) is 0 Å². The molecule has 1 heterocycles. The zero-order valence-corrected chi connectivity index (χ0v) is 17.0. The predicted octanol–water partition coefficient (Wildman–Crippen LogP) is 6.27. The number of carbonyl (C=O) groups is 1. The van der Waals surface area contributed by atoms with E-state index in [4.69, 9.17) is 27.6 Å². The number of hydrogen-bond acceptors (Lipinski definition) is 5. The third-order valence-corrected chi connectivity index (χ3v) is 5.31. The van der Waals surface area contributed by atoms with Crippen LogP contribution in [0.15, 0.2) is 59.0 Å². The van der Waals surface area contributed by atoms with Crippen LogP contribution in [-0.4, -0.2) is 15.8 Å². The van der Waals surface area contributed by atoms with Crippen molar-refractivity contribution >= 4 is 51.6 Å². The van der Waals surface area contributed by atoms with Crippen molar-refractivity contribution in [1.82, 2.24) is 4.98 Å². The molecule has 0 saturated heterocycles. The molecule has 1 amide bonds. The summed E-state index contributed by atoms with van der Waals surface area (Å²) in [5, 5.41) is 14.5. The number of nitro groups is 1. The lowest BCUT2D eigenvalue weighted by Gasteiger charge is -2.06. The Balaban J connectivity index is 1.63. The number of nitrogens with zero attached hydrogens (tertiary/aromatic N) is 2. The molecule has 0 radical (unpaired) electrons. The van der Waals surface area contributed by atoms with E-state index in [9.17, 15) is 14.9 Å². The van der Waals surface area contributed by atoms with Crippen LogP contribution in [0.3, 0.4) is 0 Å². The maximum absolute atomic E-state index is 12.5. The zero-order valence-electron chi connectivity index (χ0n) is 15.5. The highest BCUT2D eigenvalue weighted by molar-refractivity contribution is 6.43. The molecule has 0 bridgehead atoms. The van der Waals surface area contributed by atoms with Crippen LogP contribution >= 0.6 is 23.2 Å². The Kier molecular flexibility index (Phi) is 5.15. The first-order valence-corrected chi connectivity index (χ1v) is 9.50. The highest BCUT2D eigenvalue weighted by Gasteiger charge is 2.17. The van der Waals surface area contributed by atoms with Gasteiger partial charge in [0.25, 0.3) is 11.6 Å². The van der Waals surface area contributed by atoms with E-state index >= 15 is 0 Å². The molecule has 1 aromatic heterocycles. The van der Waals surface area contributed by atoms with Gasteiger partial charge < -0.3 is 9.73 Å². The molecule has 3 aromatic carbocycles. The van der Waals surface area contributed by atoms with Gasteiger partial charge in [-0.2, -0.15) is 0 Å². The third-order valence-electron chi connectivity index (χ3n) is 4.50. The largest absolute Gasteiger partial charge is 0.436 e. The summed E-state index contributed by atoms with van der Waals surface area (Å²) in [6.07, 6.45) is 0. The highest BCUT2D eigenvalue weighted by Crippen LogP contribution is 2.35. The summed E-state index contributed by atoms with van der Waals surface area (Å²) < 4.78 is 5.75. The molecule has 30 heavy (non-hydrogen) atoms.